The SMILES string of the molecule is Cc1ccc(CCC(=O)N(C)CC(O)CN2CCOCC2)o1. The van der Waals surface area contributed by atoms with E-state index in [1.165, 1.54) is 0 Å². The maximum Gasteiger partial charge on any atom is 0.222 e. The number of furan rings is 1. The summed E-state index contributed by atoms with van der Waals surface area (Å²) in [6, 6.07) is 3.80. The van der Waals surface area contributed by atoms with Crippen molar-refractivity contribution in [2.75, 3.05) is 46.4 Å². The van der Waals surface area contributed by atoms with Crippen LogP contribution in [0.5, 0.6) is 0 Å². The number of carbonyl (C=O) groups excluding carboxylic acids is 1. The highest BCUT2D eigenvalue weighted by Crippen LogP contribution is 2.09. The van der Waals surface area contributed by atoms with Gasteiger partial charge in [-0.3, -0.25) is 9.69 Å². The van der Waals surface area contributed by atoms with Gasteiger partial charge in [-0.15, -0.1) is 0 Å². The van der Waals surface area contributed by atoms with Gasteiger partial charge in [0, 0.05) is 46.1 Å². The van der Waals surface area contributed by atoms with Crippen LogP contribution in [0.25, 0.3) is 0 Å². The number of morpholine rings is 1. The molecule has 22 heavy (non-hydrogen) atoms. The maximum absolute atomic E-state index is 12.1. The second-order valence-corrected chi connectivity index (χ2v) is 5.85. The molecule has 0 radical (unpaired) electrons. The predicted molar refractivity (Wildman–Crippen MR) is 82.7 cm³/mol. The fourth-order valence-corrected chi connectivity index (χ4v) is 2.60. The van der Waals surface area contributed by atoms with E-state index in [-0.39, 0.29) is 5.91 Å². The van der Waals surface area contributed by atoms with Gasteiger partial charge < -0.3 is 19.2 Å². The molecule has 0 bridgehead atoms. The first kappa shape index (κ1) is 17.0. The van der Waals surface area contributed by atoms with Crippen molar-refractivity contribution in [3.8, 4) is 0 Å². The number of aryl methyl sites for hydroxylation is 2. The van der Waals surface area contributed by atoms with Crippen LogP contribution in [0.1, 0.15) is 17.9 Å². The Labute approximate surface area is 131 Å². The minimum Gasteiger partial charge on any atom is -0.466 e. The Kier molecular flexibility index (Phi) is 6.42. The fraction of sp³-hybridized carbons (Fsp3) is 0.688. The van der Waals surface area contributed by atoms with Crippen molar-refractivity contribution in [3.05, 3.63) is 23.7 Å². The Hall–Kier alpha value is -1.37. The van der Waals surface area contributed by atoms with Crippen LogP contribution in [0, 0.1) is 6.92 Å². The summed E-state index contributed by atoms with van der Waals surface area (Å²) in [6.45, 7) is 5.93. The highest BCUT2D eigenvalue weighted by Gasteiger charge is 2.18. The van der Waals surface area contributed by atoms with Crippen molar-refractivity contribution in [2.45, 2.75) is 25.9 Å². The van der Waals surface area contributed by atoms with Crippen LogP contribution in [-0.4, -0.2) is 73.4 Å². The van der Waals surface area contributed by atoms with Crippen LogP contribution in [-0.2, 0) is 16.0 Å². The first-order valence-electron chi connectivity index (χ1n) is 7.82. The quantitative estimate of drug-likeness (QED) is 0.802. The predicted octanol–water partition coefficient (Wildman–Crippen LogP) is 0.672. The molecule has 1 amide bonds. The minimum absolute atomic E-state index is 0.0232. The van der Waals surface area contributed by atoms with Crippen LogP contribution in [0.3, 0.4) is 0 Å². The Balaban J connectivity index is 1.68. The van der Waals surface area contributed by atoms with Crippen LogP contribution in [0.2, 0.25) is 0 Å². The smallest absolute Gasteiger partial charge is 0.222 e. The van der Waals surface area contributed by atoms with E-state index >= 15 is 0 Å². The molecule has 1 saturated heterocycles. The standard InChI is InChI=1S/C16H26N2O4/c1-13-3-4-15(22-13)5-6-16(20)17(2)11-14(19)12-18-7-9-21-10-8-18/h3-4,14,19H,5-12H2,1-2H3. The third-order valence-electron chi connectivity index (χ3n) is 3.86. The molecule has 6 heteroatoms. The molecular formula is C16H26N2O4. The maximum atomic E-state index is 12.1. The van der Waals surface area contributed by atoms with Crippen LogP contribution >= 0.6 is 0 Å². The third-order valence-corrected chi connectivity index (χ3v) is 3.86. The zero-order valence-electron chi connectivity index (χ0n) is 13.5. The molecule has 2 rings (SSSR count). The lowest BCUT2D eigenvalue weighted by atomic mass is 10.2. The molecule has 1 unspecified atom stereocenters. The molecule has 6 nitrogen and oxygen atoms in total. The van der Waals surface area contributed by atoms with Crippen molar-refractivity contribution in [1.82, 2.24) is 9.80 Å². The second-order valence-electron chi connectivity index (χ2n) is 5.85. The van der Waals surface area contributed by atoms with E-state index in [9.17, 15) is 9.90 Å². The van der Waals surface area contributed by atoms with E-state index in [0.29, 0.717) is 39.1 Å². The van der Waals surface area contributed by atoms with Gasteiger partial charge in [0.25, 0.3) is 0 Å². The second kappa shape index (κ2) is 8.31. The van der Waals surface area contributed by atoms with Crippen LogP contribution in [0.15, 0.2) is 16.5 Å². The molecule has 1 aromatic heterocycles. The molecule has 2 heterocycles. The molecule has 0 spiro atoms. The number of aliphatic hydroxyl groups is 1. The lowest BCUT2D eigenvalue weighted by molar-refractivity contribution is -0.131. The Morgan fingerprint density at radius 3 is 2.77 bits per heavy atom. The zero-order valence-corrected chi connectivity index (χ0v) is 13.5. The van der Waals surface area contributed by atoms with Crippen LogP contribution < -0.4 is 0 Å². The Morgan fingerprint density at radius 1 is 1.41 bits per heavy atom. The fourth-order valence-electron chi connectivity index (χ4n) is 2.60. The van der Waals surface area contributed by atoms with Gasteiger partial charge in [-0.25, -0.2) is 0 Å². The summed E-state index contributed by atoms with van der Waals surface area (Å²) in [7, 11) is 1.73. The Bertz CT molecular complexity index is 468. The third kappa shape index (κ3) is 5.44. The number of aliphatic hydroxyl groups excluding tert-OH is 1. The van der Waals surface area contributed by atoms with Gasteiger partial charge in [0.1, 0.15) is 11.5 Å². The highest BCUT2D eigenvalue weighted by atomic mass is 16.5. The average Bonchev–Trinajstić information content (AvgIpc) is 2.91. The highest BCUT2D eigenvalue weighted by molar-refractivity contribution is 5.76. The molecule has 1 aliphatic rings. The van der Waals surface area contributed by atoms with E-state index in [1.54, 1.807) is 11.9 Å². The monoisotopic (exact) mass is 310 g/mol. The van der Waals surface area contributed by atoms with Gasteiger partial charge >= 0.3 is 0 Å². The van der Waals surface area contributed by atoms with E-state index in [0.717, 1.165) is 24.6 Å². The van der Waals surface area contributed by atoms with Gasteiger partial charge in [0.2, 0.25) is 5.91 Å². The summed E-state index contributed by atoms with van der Waals surface area (Å²) in [5.41, 5.74) is 0. The van der Waals surface area contributed by atoms with E-state index in [1.807, 2.05) is 19.1 Å². The normalized spacial score (nSPS) is 17.4. The molecule has 1 aliphatic heterocycles. The van der Waals surface area contributed by atoms with Crippen LogP contribution in [0.4, 0.5) is 0 Å². The molecule has 1 fully saturated rings. The summed E-state index contributed by atoms with van der Waals surface area (Å²) < 4.78 is 10.7. The van der Waals surface area contributed by atoms with E-state index < -0.39 is 6.10 Å². The van der Waals surface area contributed by atoms with Crippen molar-refractivity contribution in [1.29, 1.82) is 0 Å². The number of nitrogens with zero attached hydrogens (tertiary/aromatic N) is 2. The van der Waals surface area contributed by atoms with Gasteiger partial charge in [0.15, 0.2) is 0 Å². The number of hydrogen-bond acceptors (Lipinski definition) is 5. The summed E-state index contributed by atoms with van der Waals surface area (Å²) in [5.74, 6) is 1.71. The number of carbonyl (C=O) groups is 1. The first-order valence-corrected chi connectivity index (χ1v) is 7.82. The van der Waals surface area contributed by atoms with Crippen molar-refractivity contribution in [2.24, 2.45) is 0 Å². The Morgan fingerprint density at radius 2 is 2.14 bits per heavy atom. The summed E-state index contributed by atoms with van der Waals surface area (Å²) in [6.07, 6.45) is 0.461. The topological polar surface area (TPSA) is 66.2 Å². The number of β-amino-alcohol motifs (C(OH)–C–C–N with tert-alkyl or cyclic N) is 1. The number of amides is 1. The number of likely N-dealkylation sites (N-methyl/N-ethyl adjacent to an activating group) is 1. The van der Waals surface area contributed by atoms with Crippen molar-refractivity contribution in [3.63, 3.8) is 0 Å². The molecule has 1 N–H and O–H groups in total. The van der Waals surface area contributed by atoms with Gasteiger partial charge in [-0.2, -0.15) is 0 Å². The number of hydrogen-bond donors (Lipinski definition) is 1. The summed E-state index contributed by atoms with van der Waals surface area (Å²) >= 11 is 0. The van der Waals surface area contributed by atoms with Crippen molar-refractivity contribution < 1.29 is 19.1 Å². The number of rotatable bonds is 7. The largest absolute Gasteiger partial charge is 0.466 e. The summed E-state index contributed by atoms with van der Waals surface area (Å²) in [5, 5.41) is 10.1. The minimum atomic E-state index is -0.530. The molecule has 0 aliphatic carbocycles. The molecule has 0 saturated carbocycles. The van der Waals surface area contributed by atoms with E-state index in [4.69, 9.17) is 9.15 Å². The molecule has 0 aromatic carbocycles. The van der Waals surface area contributed by atoms with Gasteiger partial charge in [0.05, 0.1) is 19.3 Å². The zero-order chi connectivity index (χ0) is 15.9. The molecule has 1 aromatic rings. The van der Waals surface area contributed by atoms with Crippen molar-refractivity contribution >= 4 is 5.91 Å². The van der Waals surface area contributed by atoms with E-state index in [2.05, 4.69) is 4.90 Å². The average molecular weight is 310 g/mol. The lowest BCUT2D eigenvalue weighted by Crippen LogP contribution is -2.45. The number of ether oxygens (including phenoxy) is 1. The molecule has 124 valence electrons. The molecule has 1 atom stereocenters. The lowest BCUT2D eigenvalue weighted by Gasteiger charge is -2.30. The summed E-state index contributed by atoms with van der Waals surface area (Å²) in [4.78, 5) is 15.9. The molecular weight excluding hydrogens is 284 g/mol. The van der Waals surface area contributed by atoms with Gasteiger partial charge in [-0.1, -0.05) is 0 Å². The first-order chi connectivity index (χ1) is 10.5. The van der Waals surface area contributed by atoms with Gasteiger partial charge in [-0.05, 0) is 19.1 Å².